The Balaban J connectivity index is 1.37. The highest BCUT2D eigenvalue weighted by molar-refractivity contribution is 5.76. The van der Waals surface area contributed by atoms with Gasteiger partial charge in [-0.2, -0.15) is 0 Å². The number of nitrogens with zero attached hydrogens (tertiary/aromatic N) is 2. The van der Waals surface area contributed by atoms with Gasteiger partial charge in [0, 0.05) is 39.1 Å². The van der Waals surface area contributed by atoms with Crippen molar-refractivity contribution in [3.8, 4) is 0 Å². The number of amides is 1. The van der Waals surface area contributed by atoms with Gasteiger partial charge in [0.15, 0.2) is 0 Å². The van der Waals surface area contributed by atoms with E-state index in [-0.39, 0.29) is 0 Å². The molecule has 0 aromatic heterocycles. The van der Waals surface area contributed by atoms with E-state index in [1.165, 1.54) is 37.7 Å². The van der Waals surface area contributed by atoms with Crippen molar-refractivity contribution in [1.82, 2.24) is 9.80 Å². The lowest BCUT2D eigenvalue weighted by Crippen LogP contribution is -2.49. The molecule has 3 nitrogen and oxygen atoms in total. The molecule has 0 bridgehead atoms. The number of piperazine rings is 1. The lowest BCUT2D eigenvalue weighted by Gasteiger charge is -2.35. The summed E-state index contributed by atoms with van der Waals surface area (Å²) in [5.41, 5.74) is 1.41. The lowest BCUT2D eigenvalue weighted by molar-refractivity contribution is -0.134. The van der Waals surface area contributed by atoms with E-state index < -0.39 is 0 Å². The predicted octanol–water partition coefficient (Wildman–Crippen LogP) is 3.34. The Morgan fingerprint density at radius 3 is 2.35 bits per heavy atom. The first-order chi connectivity index (χ1) is 11.3. The van der Waals surface area contributed by atoms with Gasteiger partial charge in [-0.3, -0.25) is 9.69 Å². The first-order valence-electron chi connectivity index (χ1n) is 9.35. The summed E-state index contributed by atoms with van der Waals surface area (Å²) in [6.07, 6.45) is 8.45. The van der Waals surface area contributed by atoms with E-state index in [2.05, 4.69) is 40.1 Å². The Morgan fingerprint density at radius 2 is 1.65 bits per heavy atom. The van der Waals surface area contributed by atoms with Crippen LogP contribution >= 0.6 is 0 Å². The highest BCUT2D eigenvalue weighted by Crippen LogP contribution is 2.27. The van der Waals surface area contributed by atoms with Crippen LogP contribution in [0.15, 0.2) is 30.3 Å². The van der Waals surface area contributed by atoms with Gasteiger partial charge < -0.3 is 4.90 Å². The van der Waals surface area contributed by atoms with Crippen LogP contribution in [0.2, 0.25) is 0 Å². The maximum Gasteiger partial charge on any atom is 0.222 e. The molecule has 126 valence electrons. The molecule has 3 rings (SSSR count). The Hall–Kier alpha value is -1.35. The normalized spacial score (nSPS) is 20.6. The van der Waals surface area contributed by atoms with Gasteiger partial charge in [-0.1, -0.05) is 49.6 Å². The summed E-state index contributed by atoms with van der Waals surface area (Å²) < 4.78 is 0. The molecule has 0 unspecified atom stereocenters. The van der Waals surface area contributed by atoms with Crippen molar-refractivity contribution >= 4 is 5.91 Å². The van der Waals surface area contributed by atoms with Gasteiger partial charge in [0.05, 0.1) is 0 Å². The van der Waals surface area contributed by atoms with E-state index >= 15 is 0 Å². The van der Waals surface area contributed by atoms with Gasteiger partial charge in [-0.15, -0.1) is 0 Å². The SMILES string of the molecule is O=C(CC1CCCCC1)N1CCN(CCc2ccccc2)CC1. The first-order valence-corrected chi connectivity index (χ1v) is 9.35. The molecule has 1 aliphatic carbocycles. The molecule has 1 amide bonds. The molecule has 0 radical (unpaired) electrons. The predicted molar refractivity (Wildman–Crippen MR) is 94.4 cm³/mol. The maximum absolute atomic E-state index is 12.5. The van der Waals surface area contributed by atoms with Gasteiger partial charge >= 0.3 is 0 Å². The van der Waals surface area contributed by atoms with Crippen LogP contribution in [-0.2, 0) is 11.2 Å². The Morgan fingerprint density at radius 1 is 0.957 bits per heavy atom. The third-order valence-corrected chi connectivity index (χ3v) is 5.47. The average Bonchev–Trinajstić information content (AvgIpc) is 2.62. The topological polar surface area (TPSA) is 23.6 Å². The summed E-state index contributed by atoms with van der Waals surface area (Å²) in [5, 5.41) is 0. The molecule has 2 fully saturated rings. The minimum atomic E-state index is 0.402. The van der Waals surface area contributed by atoms with E-state index in [9.17, 15) is 4.79 Å². The van der Waals surface area contributed by atoms with Crippen LogP contribution in [0.4, 0.5) is 0 Å². The second kappa shape index (κ2) is 8.49. The zero-order valence-corrected chi connectivity index (χ0v) is 14.3. The fourth-order valence-electron chi connectivity index (χ4n) is 3.92. The van der Waals surface area contributed by atoms with Crippen molar-refractivity contribution in [2.75, 3.05) is 32.7 Å². The molecule has 1 aromatic rings. The minimum absolute atomic E-state index is 0.402. The van der Waals surface area contributed by atoms with E-state index in [1.807, 2.05) is 0 Å². The number of rotatable bonds is 5. The summed E-state index contributed by atoms with van der Waals surface area (Å²) >= 11 is 0. The number of hydrogen-bond acceptors (Lipinski definition) is 2. The van der Waals surface area contributed by atoms with Crippen molar-refractivity contribution in [3.05, 3.63) is 35.9 Å². The zero-order chi connectivity index (χ0) is 15.9. The molecular formula is C20H30N2O. The van der Waals surface area contributed by atoms with Gasteiger partial charge in [-0.25, -0.2) is 0 Å². The third-order valence-electron chi connectivity index (χ3n) is 5.47. The molecule has 3 heteroatoms. The minimum Gasteiger partial charge on any atom is -0.340 e. The number of carbonyl (C=O) groups is 1. The summed E-state index contributed by atoms with van der Waals surface area (Å²) in [7, 11) is 0. The largest absolute Gasteiger partial charge is 0.340 e. The molecule has 1 saturated carbocycles. The fraction of sp³-hybridized carbons (Fsp3) is 0.650. The highest BCUT2D eigenvalue weighted by atomic mass is 16.2. The number of carbonyl (C=O) groups excluding carboxylic acids is 1. The van der Waals surface area contributed by atoms with Crippen molar-refractivity contribution in [2.24, 2.45) is 5.92 Å². The third kappa shape index (κ3) is 5.07. The van der Waals surface area contributed by atoms with E-state index in [4.69, 9.17) is 0 Å². The maximum atomic E-state index is 12.5. The van der Waals surface area contributed by atoms with Crippen molar-refractivity contribution in [2.45, 2.75) is 44.9 Å². The van der Waals surface area contributed by atoms with Gasteiger partial charge in [0.2, 0.25) is 5.91 Å². The second-order valence-electron chi connectivity index (χ2n) is 7.17. The van der Waals surface area contributed by atoms with Crippen molar-refractivity contribution in [3.63, 3.8) is 0 Å². The summed E-state index contributed by atoms with van der Waals surface area (Å²) in [4.78, 5) is 17.1. The summed E-state index contributed by atoms with van der Waals surface area (Å²) in [5.74, 6) is 1.06. The molecule has 0 atom stereocenters. The van der Waals surface area contributed by atoms with Crippen LogP contribution in [0.5, 0.6) is 0 Å². The number of benzene rings is 1. The van der Waals surface area contributed by atoms with E-state index in [0.717, 1.165) is 45.6 Å². The Kier molecular flexibility index (Phi) is 6.09. The summed E-state index contributed by atoms with van der Waals surface area (Å²) in [6.45, 7) is 5.00. The van der Waals surface area contributed by atoms with Crippen LogP contribution in [0.25, 0.3) is 0 Å². The van der Waals surface area contributed by atoms with Crippen LogP contribution in [0.1, 0.15) is 44.1 Å². The smallest absolute Gasteiger partial charge is 0.222 e. The van der Waals surface area contributed by atoms with Gasteiger partial charge in [-0.05, 0) is 30.7 Å². The molecule has 1 heterocycles. The van der Waals surface area contributed by atoms with Crippen LogP contribution in [-0.4, -0.2) is 48.4 Å². The van der Waals surface area contributed by atoms with Crippen molar-refractivity contribution < 1.29 is 4.79 Å². The standard InChI is InChI=1S/C20H30N2O/c23-20(17-19-9-5-2-6-10-19)22-15-13-21(14-16-22)12-11-18-7-3-1-4-8-18/h1,3-4,7-8,19H,2,5-6,9-17H2. The molecular weight excluding hydrogens is 284 g/mol. The molecule has 1 saturated heterocycles. The Bertz CT molecular complexity index is 474. The quantitative estimate of drug-likeness (QED) is 0.832. The molecule has 23 heavy (non-hydrogen) atoms. The van der Waals surface area contributed by atoms with E-state index in [0.29, 0.717) is 11.8 Å². The highest BCUT2D eigenvalue weighted by Gasteiger charge is 2.24. The molecule has 0 N–H and O–H groups in total. The van der Waals surface area contributed by atoms with E-state index in [1.54, 1.807) is 0 Å². The van der Waals surface area contributed by atoms with Gasteiger partial charge in [0.1, 0.15) is 0 Å². The van der Waals surface area contributed by atoms with Crippen LogP contribution in [0.3, 0.4) is 0 Å². The van der Waals surface area contributed by atoms with Gasteiger partial charge in [0.25, 0.3) is 0 Å². The summed E-state index contributed by atoms with van der Waals surface area (Å²) in [6, 6.07) is 10.7. The number of hydrogen-bond donors (Lipinski definition) is 0. The monoisotopic (exact) mass is 314 g/mol. The average molecular weight is 314 g/mol. The van der Waals surface area contributed by atoms with Crippen LogP contribution < -0.4 is 0 Å². The Labute approximate surface area is 140 Å². The molecule has 1 aliphatic heterocycles. The first kappa shape index (κ1) is 16.5. The van der Waals surface area contributed by atoms with Crippen LogP contribution in [0, 0.1) is 5.92 Å². The second-order valence-corrected chi connectivity index (χ2v) is 7.17. The fourth-order valence-corrected chi connectivity index (χ4v) is 3.92. The lowest BCUT2D eigenvalue weighted by atomic mass is 9.86. The van der Waals surface area contributed by atoms with Crippen molar-refractivity contribution in [1.29, 1.82) is 0 Å². The molecule has 1 aromatic carbocycles. The molecule has 0 spiro atoms. The molecule has 2 aliphatic rings. The zero-order valence-electron chi connectivity index (χ0n) is 14.3.